The third kappa shape index (κ3) is 2.00. The highest BCUT2D eigenvalue weighted by Crippen LogP contribution is 2.43. The molecule has 0 saturated heterocycles. The number of nitrogens with zero attached hydrogens (tertiary/aromatic N) is 3. The summed E-state index contributed by atoms with van der Waals surface area (Å²) in [6.45, 7) is 0. The maximum Gasteiger partial charge on any atom is 0.346 e. The van der Waals surface area contributed by atoms with E-state index in [0.717, 1.165) is 24.3 Å². The van der Waals surface area contributed by atoms with Crippen LogP contribution in [0.3, 0.4) is 0 Å². The van der Waals surface area contributed by atoms with E-state index in [1.54, 1.807) is 0 Å². The molecule has 0 fully saturated rings. The number of carbonyl (C=O) groups is 1. The van der Waals surface area contributed by atoms with Gasteiger partial charge in [-0.25, -0.2) is 0 Å². The maximum atomic E-state index is 12.3. The molecule has 10 nitrogen and oxygen atoms in total. The van der Waals surface area contributed by atoms with Gasteiger partial charge in [-0.1, -0.05) is 0 Å². The van der Waals surface area contributed by atoms with Gasteiger partial charge in [-0.2, -0.15) is 0 Å². The Hall–Kier alpha value is -3.69. The van der Waals surface area contributed by atoms with E-state index in [0.29, 0.717) is 0 Å². The second-order valence-corrected chi connectivity index (χ2v) is 4.72. The van der Waals surface area contributed by atoms with Gasteiger partial charge < -0.3 is 0 Å². The number of hydrogen-bond donors (Lipinski definition) is 0. The molecule has 0 heterocycles. The Labute approximate surface area is 126 Å². The molecule has 2 aromatic rings. The first-order chi connectivity index (χ1) is 10.8. The topological polar surface area (TPSA) is 146 Å². The van der Waals surface area contributed by atoms with Crippen LogP contribution in [0.4, 0.5) is 17.1 Å². The van der Waals surface area contributed by atoms with Crippen LogP contribution in [0.15, 0.2) is 30.3 Å². The number of rotatable bonds is 3. The van der Waals surface area contributed by atoms with Crippen molar-refractivity contribution in [3.05, 3.63) is 71.8 Å². The molecule has 114 valence electrons. The van der Waals surface area contributed by atoms with Crippen LogP contribution >= 0.6 is 0 Å². The normalized spacial score (nSPS) is 11.7. The SMILES string of the molecule is O=C1c2cc([N+](=O)[O-])ccc2-c2cc([N+](=O)[O-])c([N+](=O)[O-])cc21. The Bertz CT molecular complexity index is 935. The van der Waals surface area contributed by atoms with E-state index < -0.39 is 31.9 Å². The number of non-ortho nitro benzene ring substituents is 1. The molecule has 0 N–H and O–H groups in total. The van der Waals surface area contributed by atoms with Crippen LogP contribution in [0.2, 0.25) is 0 Å². The molecule has 1 aliphatic rings. The fourth-order valence-electron chi connectivity index (χ4n) is 2.49. The average Bonchev–Trinajstić information content (AvgIpc) is 2.78. The molecule has 1 aliphatic carbocycles. The minimum atomic E-state index is -0.947. The monoisotopic (exact) mass is 315 g/mol. The van der Waals surface area contributed by atoms with Crippen molar-refractivity contribution in [2.24, 2.45) is 0 Å². The minimum Gasteiger partial charge on any atom is -0.289 e. The smallest absolute Gasteiger partial charge is 0.289 e. The molecule has 0 radical (unpaired) electrons. The lowest BCUT2D eigenvalue weighted by Crippen LogP contribution is -2.01. The van der Waals surface area contributed by atoms with Crippen LogP contribution in [0.1, 0.15) is 15.9 Å². The summed E-state index contributed by atoms with van der Waals surface area (Å²) < 4.78 is 0. The number of carbonyl (C=O) groups excluding carboxylic acids is 1. The average molecular weight is 315 g/mol. The third-order valence-corrected chi connectivity index (χ3v) is 3.50. The Morgan fingerprint density at radius 3 is 1.70 bits per heavy atom. The summed E-state index contributed by atoms with van der Waals surface area (Å²) in [5.74, 6) is -0.642. The number of fused-ring (bicyclic) bond motifs is 3. The first-order valence-electron chi connectivity index (χ1n) is 6.11. The zero-order chi connectivity index (χ0) is 16.9. The van der Waals surface area contributed by atoms with Gasteiger partial charge in [-0.05, 0) is 11.6 Å². The maximum absolute atomic E-state index is 12.3. The quantitative estimate of drug-likeness (QED) is 0.533. The van der Waals surface area contributed by atoms with Crippen molar-refractivity contribution in [3.8, 4) is 11.1 Å². The highest BCUT2D eigenvalue weighted by atomic mass is 16.6. The zero-order valence-corrected chi connectivity index (χ0v) is 11.1. The van der Waals surface area contributed by atoms with E-state index in [2.05, 4.69) is 0 Å². The molecule has 10 heteroatoms. The summed E-state index contributed by atoms with van der Waals surface area (Å²) in [6, 6.07) is 5.29. The zero-order valence-electron chi connectivity index (χ0n) is 11.1. The van der Waals surface area contributed by atoms with Crippen LogP contribution < -0.4 is 0 Å². The molecule has 0 aliphatic heterocycles. The summed E-state index contributed by atoms with van der Waals surface area (Å²) in [5, 5.41) is 32.7. The van der Waals surface area contributed by atoms with Crippen LogP contribution in [0.25, 0.3) is 11.1 Å². The summed E-state index contributed by atoms with van der Waals surface area (Å²) in [7, 11) is 0. The molecule has 0 bridgehead atoms. The summed E-state index contributed by atoms with van der Waals surface area (Å²) in [4.78, 5) is 42.5. The van der Waals surface area contributed by atoms with Gasteiger partial charge in [0.25, 0.3) is 5.69 Å². The van der Waals surface area contributed by atoms with Gasteiger partial charge in [-0.3, -0.25) is 35.1 Å². The van der Waals surface area contributed by atoms with Crippen molar-refractivity contribution in [3.63, 3.8) is 0 Å². The van der Waals surface area contributed by atoms with E-state index in [9.17, 15) is 35.1 Å². The molecule has 0 saturated carbocycles. The highest BCUT2D eigenvalue weighted by Gasteiger charge is 2.35. The van der Waals surface area contributed by atoms with E-state index in [1.807, 2.05) is 0 Å². The lowest BCUT2D eigenvalue weighted by Gasteiger charge is -2.01. The van der Waals surface area contributed by atoms with E-state index in [-0.39, 0.29) is 27.9 Å². The second-order valence-electron chi connectivity index (χ2n) is 4.72. The second kappa shape index (κ2) is 4.66. The van der Waals surface area contributed by atoms with E-state index in [4.69, 9.17) is 0 Å². The number of nitro groups is 3. The standard InChI is InChI=1S/C13H5N3O7/c17-13-9-3-6(14(18)19)1-2-7(9)8-4-11(15(20)21)12(16(22)23)5-10(8)13/h1-5H. The summed E-state index contributed by atoms with van der Waals surface area (Å²) in [6.07, 6.45) is 0. The van der Waals surface area contributed by atoms with Crippen molar-refractivity contribution in [2.75, 3.05) is 0 Å². The molecular formula is C13H5N3O7. The Balaban J connectivity index is 2.29. The van der Waals surface area contributed by atoms with Gasteiger partial charge in [0.1, 0.15) is 0 Å². The molecular weight excluding hydrogens is 310 g/mol. The van der Waals surface area contributed by atoms with E-state index in [1.165, 1.54) is 6.07 Å². The summed E-state index contributed by atoms with van der Waals surface area (Å²) >= 11 is 0. The molecule has 3 rings (SSSR count). The predicted molar refractivity (Wildman–Crippen MR) is 75.3 cm³/mol. The molecule has 0 unspecified atom stereocenters. The lowest BCUT2D eigenvalue weighted by molar-refractivity contribution is -0.422. The molecule has 0 amide bonds. The molecule has 0 spiro atoms. The van der Waals surface area contributed by atoms with Gasteiger partial charge in [0.05, 0.1) is 14.8 Å². The van der Waals surface area contributed by atoms with Crippen molar-refractivity contribution in [2.45, 2.75) is 0 Å². The van der Waals surface area contributed by atoms with Gasteiger partial charge in [0.2, 0.25) is 0 Å². The largest absolute Gasteiger partial charge is 0.346 e. The van der Waals surface area contributed by atoms with Crippen LogP contribution in [0.5, 0.6) is 0 Å². The first kappa shape index (κ1) is 14.3. The lowest BCUT2D eigenvalue weighted by atomic mass is 10.0. The predicted octanol–water partition coefficient (Wildman–Crippen LogP) is 2.62. The van der Waals surface area contributed by atoms with Crippen molar-refractivity contribution >= 4 is 22.8 Å². The van der Waals surface area contributed by atoms with Gasteiger partial charge in [0, 0.05) is 41.0 Å². The van der Waals surface area contributed by atoms with Crippen molar-refractivity contribution < 1.29 is 19.6 Å². The van der Waals surface area contributed by atoms with Gasteiger partial charge in [-0.15, -0.1) is 0 Å². The number of ketones is 1. The van der Waals surface area contributed by atoms with Crippen LogP contribution in [-0.2, 0) is 0 Å². The third-order valence-electron chi connectivity index (χ3n) is 3.50. The Morgan fingerprint density at radius 1 is 0.652 bits per heavy atom. The Kier molecular flexibility index (Phi) is 2.89. The van der Waals surface area contributed by atoms with Crippen molar-refractivity contribution in [1.29, 1.82) is 0 Å². The molecule has 23 heavy (non-hydrogen) atoms. The molecule has 2 aromatic carbocycles. The fourth-order valence-corrected chi connectivity index (χ4v) is 2.49. The van der Waals surface area contributed by atoms with Crippen LogP contribution in [-0.4, -0.2) is 20.6 Å². The van der Waals surface area contributed by atoms with Gasteiger partial charge >= 0.3 is 11.4 Å². The first-order valence-corrected chi connectivity index (χ1v) is 6.11. The van der Waals surface area contributed by atoms with Crippen LogP contribution in [0, 0.1) is 30.3 Å². The Morgan fingerprint density at radius 2 is 1.17 bits per heavy atom. The van der Waals surface area contributed by atoms with Crippen molar-refractivity contribution in [1.82, 2.24) is 0 Å². The highest BCUT2D eigenvalue weighted by molar-refractivity contribution is 6.22. The van der Waals surface area contributed by atoms with E-state index >= 15 is 0 Å². The summed E-state index contributed by atoms with van der Waals surface area (Å²) in [5.41, 5.74) is -1.53. The fraction of sp³-hybridized carbons (Fsp3) is 0. The molecule has 0 atom stereocenters. The number of nitro benzene ring substituents is 3. The number of hydrogen-bond acceptors (Lipinski definition) is 7. The number of benzene rings is 2. The molecule has 0 aromatic heterocycles. The van der Waals surface area contributed by atoms with Gasteiger partial charge in [0.15, 0.2) is 5.78 Å². The minimum absolute atomic E-state index is 0.0102.